The van der Waals surface area contributed by atoms with Crippen LogP contribution in [0, 0.1) is 43.4 Å². The lowest BCUT2D eigenvalue weighted by Gasteiger charge is -2.53. The summed E-state index contributed by atoms with van der Waals surface area (Å²) in [5.41, 5.74) is 2.65. The van der Waals surface area contributed by atoms with Gasteiger partial charge in [0.15, 0.2) is 6.61 Å². The van der Waals surface area contributed by atoms with Crippen molar-refractivity contribution in [2.24, 2.45) is 36.6 Å². The van der Waals surface area contributed by atoms with Crippen molar-refractivity contribution < 1.29 is 14.3 Å². The number of aryl methyl sites for hydroxylation is 1. The third kappa shape index (κ3) is 2.51. The number of hydrogen-bond acceptors (Lipinski definition) is 3. The number of carbonyl (C=O) groups excluding carboxylic acids is 2. The van der Waals surface area contributed by atoms with E-state index in [2.05, 4.69) is 0 Å². The van der Waals surface area contributed by atoms with Gasteiger partial charge in [0.1, 0.15) is 0 Å². The van der Waals surface area contributed by atoms with E-state index in [9.17, 15) is 9.59 Å². The Morgan fingerprint density at radius 3 is 2.17 bits per heavy atom. The standard InChI is InChI=1S/C20H27NO3/c1-11-4-17(12(2)21(11)3)18(22)10-24-20(23)19-15-6-13-5-14(8-15)9-16(19)7-13/h4,13-16,19H,5-10H2,1-3H3. The van der Waals surface area contributed by atoms with Crippen LogP contribution in [0.2, 0.25) is 0 Å². The molecule has 0 radical (unpaired) electrons. The quantitative estimate of drug-likeness (QED) is 0.628. The summed E-state index contributed by atoms with van der Waals surface area (Å²) in [4.78, 5) is 25.1. The maximum atomic E-state index is 12.6. The summed E-state index contributed by atoms with van der Waals surface area (Å²) in [6, 6.07) is 1.88. The average molecular weight is 329 g/mol. The summed E-state index contributed by atoms with van der Waals surface area (Å²) < 4.78 is 7.48. The highest BCUT2D eigenvalue weighted by Gasteiger charge is 2.51. The van der Waals surface area contributed by atoms with E-state index in [1.54, 1.807) is 0 Å². The summed E-state index contributed by atoms with van der Waals surface area (Å²) >= 11 is 0. The zero-order valence-electron chi connectivity index (χ0n) is 14.9. The third-order valence-corrected chi connectivity index (χ3v) is 6.92. The zero-order chi connectivity index (χ0) is 17.0. The molecule has 1 aromatic heterocycles. The van der Waals surface area contributed by atoms with Crippen LogP contribution < -0.4 is 0 Å². The number of esters is 1. The van der Waals surface area contributed by atoms with Gasteiger partial charge in [-0.2, -0.15) is 0 Å². The maximum Gasteiger partial charge on any atom is 0.309 e. The van der Waals surface area contributed by atoms with Gasteiger partial charge in [0.25, 0.3) is 0 Å². The first-order valence-electron chi connectivity index (χ1n) is 9.26. The minimum atomic E-state index is -0.123. The van der Waals surface area contributed by atoms with Gasteiger partial charge in [-0.05, 0) is 75.7 Å². The number of ether oxygens (including phenoxy) is 1. The molecule has 0 amide bonds. The van der Waals surface area contributed by atoms with Gasteiger partial charge in [0.05, 0.1) is 5.92 Å². The van der Waals surface area contributed by atoms with Crippen LogP contribution in [0.3, 0.4) is 0 Å². The number of nitrogens with zero attached hydrogens (tertiary/aromatic N) is 1. The monoisotopic (exact) mass is 329 g/mol. The predicted octanol–water partition coefficient (Wildman–Crippen LogP) is 3.44. The van der Waals surface area contributed by atoms with Gasteiger partial charge in [-0.15, -0.1) is 0 Å². The van der Waals surface area contributed by atoms with Crippen molar-refractivity contribution in [2.45, 2.75) is 46.0 Å². The second kappa shape index (κ2) is 5.75. The van der Waals surface area contributed by atoms with Crippen LogP contribution in [0.4, 0.5) is 0 Å². The van der Waals surface area contributed by atoms with Crippen LogP contribution in [0.5, 0.6) is 0 Å². The molecule has 0 saturated heterocycles. The molecule has 1 heterocycles. The number of Topliss-reactive ketones (excluding diaryl/α,β-unsaturated/α-hetero) is 1. The summed E-state index contributed by atoms with van der Waals surface area (Å²) in [5, 5.41) is 0. The molecule has 0 spiro atoms. The van der Waals surface area contributed by atoms with Gasteiger partial charge in [0, 0.05) is 24.0 Å². The van der Waals surface area contributed by atoms with Gasteiger partial charge in [0.2, 0.25) is 5.78 Å². The molecule has 0 unspecified atom stereocenters. The second-order valence-electron chi connectivity index (χ2n) is 8.33. The Hall–Kier alpha value is -1.58. The second-order valence-corrected chi connectivity index (χ2v) is 8.33. The van der Waals surface area contributed by atoms with Crippen molar-refractivity contribution in [1.82, 2.24) is 4.57 Å². The van der Waals surface area contributed by atoms with Crippen molar-refractivity contribution in [3.63, 3.8) is 0 Å². The number of rotatable bonds is 4. The molecule has 130 valence electrons. The Morgan fingerprint density at radius 1 is 1.08 bits per heavy atom. The molecule has 24 heavy (non-hydrogen) atoms. The molecule has 1 aromatic rings. The molecule has 4 aliphatic rings. The van der Waals surface area contributed by atoms with Gasteiger partial charge >= 0.3 is 5.97 Å². The lowest BCUT2D eigenvalue weighted by Crippen LogP contribution is -2.48. The highest BCUT2D eigenvalue weighted by atomic mass is 16.5. The smallest absolute Gasteiger partial charge is 0.309 e. The minimum Gasteiger partial charge on any atom is -0.457 e. The van der Waals surface area contributed by atoms with E-state index in [-0.39, 0.29) is 24.3 Å². The van der Waals surface area contributed by atoms with Crippen LogP contribution in [0.25, 0.3) is 0 Å². The first kappa shape index (κ1) is 15.9. The van der Waals surface area contributed by atoms with Crippen LogP contribution in [-0.2, 0) is 16.6 Å². The molecule has 0 atom stereocenters. The van der Waals surface area contributed by atoms with Crippen LogP contribution in [-0.4, -0.2) is 22.9 Å². The van der Waals surface area contributed by atoms with E-state index < -0.39 is 0 Å². The predicted molar refractivity (Wildman–Crippen MR) is 90.7 cm³/mol. The van der Waals surface area contributed by atoms with Crippen LogP contribution in [0.15, 0.2) is 6.07 Å². The molecule has 0 aliphatic heterocycles. The lowest BCUT2D eigenvalue weighted by atomic mass is 9.52. The van der Waals surface area contributed by atoms with Crippen molar-refractivity contribution in [2.75, 3.05) is 6.61 Å². The Morgan fingerprint density at radius 2 is 1.67 bits per heavy atom. The lowest BCUT2D eigenvalue weighted by molar-refractivity contribution is -0.161. The van der Waals surface area contributed by atoms with E-state index >= 15 is 0 Å². The molecule has 0 N–H and O–H groups in total. The number of ketones is 1. The number of carbonyl (C=O) groups is 2. The Labute approximate surface area is 143 Å². The normalized spacial score (nSPS) is 33.7. The van der Waals surface area contributed by atoms with E-state index in [1.807, 2.05) is 31.5 Å². The van der Waals surface area contributed by atoms with Crippen LogP contribution >= 0.6 is 0 Å². The maximum absolute atomic E-state index is 12.6. The van der Waals surface area contributed by atoms with Gasteiger partial charge in [-0.3, -0.25) is 9.59 Å². The largest absolute Gasteiger partial charge is 0.457 e. The van der Waals surface area contributed by atoms with Crippen molar-refractivity contribution in [3.05, 3.63) is 23.0 Å². The minimum absolute atomic E-state index is 0.0456. The summed E-state index contributed by atoms with van der Waals surface area (Å²) in [6.45, 7) is 3.79. The first-order chi connectivity index (χ1) is 11.4. The van der Waals surface area contributed by atoms with Crippen molar-refractivity contribution in [3.8, 4) is 0 Å². The molecule has 0 aromatic carbocycles. The third-order valence-electron chi connectivity index (χ3n) is 6.92. The molecule has 4 aliphatic carbocycles. The summed E-state index contributed by atoms with van der Waals surface area (Å²) in [6.07, 6.45) is 6.14. The number of hydrogen-bond donors (Lipinski definition) is 0. The van der Waals surface area contributed by atoms with E-state index in [4.69, 9.17) is 4.74 Å². The average Bonchev–Trinajstić information content (AvgIpc) is 2.79. The molecule has 5 rings (SSSR count). The fourth-order valence-corrected chi connectivity index (χ4v) is 5.76. The van der Waals surface area contributed by atoms with E-state index in [0.29, 0.717) is 17.4 Å². The summed E-state index contributed by atoms with van der Waals surface area (Å²) in [7, 11) is 1.95. The van der Waals surface area contributed by atoms with Crippen molar-refractivity contribution in [1.29, 1.82) is 0 Å². The Balaban J connectivity index is 1.40. The summed E-state index contributed by atoms with van der Waals surface area (Å²) in [5.74, 6) is 2.52. The Bertz CT molecular complexity index is 659. The topological polar surface area (TPSA) is 48.3 Å². The number of aromatic nitrogens is 1. The molecule has 4 fully saturated rings. The fourth-order valence-electron chi connectivity index (χ4n) is 5.76. The van der Waals surface area contributed by atoms with Gasteiger partial charge in [-0.25, -0.2) is 0 Å². The fraction of sp³-hybridized carbons (Fsp3) is 0.700. The molecule has 4 heteroatoms. The van der Waals surface area contributed by atoms with E-state index in [0.717, 1.165) is 23.2 Å². The van der Waals surface area contributed by atoms with E-state index in [1.165, 1.54) is 32.1 Å². The molecule has 4 nitrogen and oxygen atoms in total. The SMILES string of the molecule is Cc1cc(C(=O)COC(=O)C2C3CC4CC(C3)CC2C4)c(C)n1C. The highest BCUT2D eigenvalue weighted by molar-refractivity contribution is 5.99. The Kier molecular flexibility index (Phi) is 3.81. The van der Waals surface area contributed by atoms with Crippen LogP contribution in [0.1, 0.15) is 53.8 Å². The molecular weight excluding hydrogens is 302 g/mol. The van der Waals surface area contributed by atoms with Gasteiger partial charge in [-0.1, -0.05) is 0 Å². The van der Waals surface area contributed by atoms with Gasteiger partial charge < -0.3 is 9.30 Å². The molecule has 4 bridgehead atoms. The molecular formula is C20H27NO3. The molecule has 4 saturated carbocycles. The first-order valence-corrected chi connectivity index (χ1v) is 9.26. The zero-order valence-corrected chi connectivity index (χ0v) is 14.9. The highest BCUT2D eigenvalue weighted by Crippen LogP contribution is 2.56. The van der Waals surface area contributed by atoms with Crippen molar-refractivity contribution >= 4 is 11.8 Å².